The molecular formula is C19H21FN4O4. The van der Waals surface area contributed by atoms with Gasteiger partial charge in [0.2, 0.25) is 23.6 Å². The van der Waals surface area contributed by atoms with E-state index in [1.54, 1.807) is 20.8 Å². The Morgan fingerprint density at radius 2 is 1.93 bits per heavy atom. The first-order chi connectivity index (χ1) is 13.0. The minimum atomic E-state index is -1.63. The summed E-state index contributed by atoms with van der Waals surface area (Å²) in [5.41, 5.74) is 3.54. The normalized spacial score (nSPS) is 31.4. The van der Waals surface area contributed by atoms with Gasteiger partial charge in [-0.25, -0.2) is 4.39 Å². The fourth-order valence-corrected chi connectivity index (χ4v) is 4.83. The van der Waals surface area contributed by atoms with E-state index in [2.05, 4.69) is 10.6 Å². The average Bonchev–Trinajstić information content (AvgIpc) is 3.12. The number of likely N-dealkylation sites (tertiary alicyclic amines) is 1. The molecule has 4 atom stereocenters. The third kappa shape index (κ3) is 2.25. The summed E-state index contributed by atoms with van der Waals surface area (Å²) in [5, 5.41) is 5.68. The number of rotatable bonds is 2. The predicted octanol–water partition coefficient (Wildman–Crippen LogP) is 0.220. The molecule has 1 aromatic carbocycles. The molecule has 2 fully saturated rings. The van der Waals surface area contributed by atoms with Crippen molar-refractivity contribution in [3.8, 4) is 0 Å². The lowest BCUT2D eigenvalue weighted by Gasteiger charge is -2.34. The van der Waals surface area contributed by atoms with Crippen LogP contribution in [0.15, 0.2) is 18.2 Å². The molecule has 28 heavy (non-hydrogen) atoms. The molecule has 3 aliphatic rings. The Morgan fingerprint density at radius 1 is 1.25 bits per heavy atom. The molecule has 3 aliphatic heterocycles. The lowest BCUT2D eigenvalue weighted by molar-refractivity contribution is -0.147. The van der Waals surface area contributed by atoms with Gasteiger partial charge in [-0.1, -0.05) is 0 Å². The van der Waals surface area contributed by atoms with Crippen LogP contribution < -0.4 is 16.4 Å². The molecule has 0 aromatic heterocycles. The van der Waals surface area contributed by atoms with E-state index in [1.807, 2.05) is 0 Å². The van der Waals surface area contributed by atoms with Crippen molar-refractivity contribution in [3.05, 3.63) is 29.6 Å². The summed E-state index contributed by atoms with van der Waals surface area (Å²) in [6.07, 6.45) is -0.224. The predicted molar refractivity (Wildman–Crippen MR) is 96.0 cm³/mol. The lowest BCUT2D eigenvalue weighted by Crippen LogP contribution is -2.56. The maximum atomic E-state index is 14.0. The molecule has 8 nitrogen and oxygen atoms in total. The van der Waals surface area contributed by atoms with Crippen molar-refractivity contribution in [3.63, 3.8) is 0 Å². The number of nitrogens with one attached hydrogen (secondary N) is 2. The van der Waals surface area contributed by atoms with Crippen molar-refractivity contribution in [1.29, 1.82) is 0 Å². The zero-order valence-corrected chi connectivity index (χ0v) is 15.7. The molecule has 0 radical (unpaired) electrons. The number of imide groups is 1. The maximum Gasteiger partial charge on any atom is 0.250 e. The van der Waals surface area contributed by atoms with Crippen molar-refractivity contribution in [1.82, 2.24) is 10.2 Å². The van der Waals surface area contributed by atoms with E-state index in [1.165, 1.54) is 18.2 Å². The Balaban J connectivity index is 1.92. The van der Waals surface area contributed by atoms with Crippen LogP contribution in [0.5, 0.6) is 0 Å². The van der Waals surface area contributed by atoms with Crippen LogP contribution in [-0.2, 0) is 24.7 Å². The smallest absolute Gasteiger partial charge is 0.250 e. The van der Waals surface area contributed by atoms with E-state index < -0.39 is 58.4 Å². The highest BCUT2D eigenvalue weighted by molar-refractivity contribution is 6.15. The van der Waals surface area contributed by atoms with Crippen LogP contribution in [0.1, 0.15) is 32.8 Å². The third-order valence-electron chi connectivity index (χ3n) is 5.77. The van der Waals surface area contributed by atoms with Crippen LogP contribution >= 0.6 is 0 Å². The highest BCUT2D eigenvalue weighted by Gasteiger charge is 2.71. The van der Waals surface area contributed by atoms with Crippen LogP contribution in [0.2, 0.25) is 0 Å². The minimum absolute atomic E-state index is 0.224. The van der Waals surface area contributed by atoms with Gasteiger partial charge >= 0.3 is 0 Å². The van der Waals surface area contributed by atoms with Gasteiger partial charge in [0.1, 0.15) is 11.4 Å². The molecule has 0 saturated carbocycles. The first-order valence-electron chi connectivity index (χ1n) is 9.04. The van der Waals surface area contributed by atoms with Gasteiger partial charge in [0.05, 0.1) is 11.8 Å². The molecule has 1 aromatic rings. The molecule has 3 heterocycles. The monoisotopic (exact) mass is 388 g/mol. The highest BCUT2D eigenvalue weighted by Crippen LogP contribution is 2.54. The number of benzene rings is 1. The van der Waals surface area contributed by atoms with E-state index in [0.29, 0.717) is 5.69 Å². The molecular weight excluding hydrogens is 367 g/mol. The van der Waals surface area contributed by atoms with Gasteiger partial charge < -0.3 is 11.1 Å². The number of nitrogens with two attached hydrogens (primary N) is 1. The Hall–Kier alpha value is -2.81. The summed E-state index contributed by atoms with van der Waals surface area (Å²) >= 11 is 0. The molecule has 4 amide bonds. The topological polar surface area (TPSA) is 122 Å². The first kappa shape index (κ1) is 18.5. The fraction of sp³-hybridized carbons (Fsp3) is 0.474. The van der Waals surface area contributed by atoms with Gasteiger partial charge in [-0.15, -0.1) is 0 Å². The Morgan fingerprint density at radius 3 is 2.54 bits per heavy atom. The second kappa shape index (κ2) is 5.60. The van der Waals surface area contributed by atoms with Gasteiger partial charge in [-0.05, 0) is 39.0 Å². The SMILES string of the molecule is CC(C)(C)N1C(=O)C2C(CC(N)=O)NC3(C(=O)Nc4ccc(F)cc43)C2C1=O. The number of fused-ring (bicyclic) bond motifs is 4. The van der Waals surface area contributed by atoms with Crippen LogP contribution in [0.3, 0.4) is 0 Å². The summed E-state index contributed by atoms with van der Waals surface area (Å²) in [6.45, 7) is 5.15. The standard InChI is InChI=1S/C19H21FN4O4/c1-18(2,3)24-15(26)13-11(7-12(21)25)23-19(14(13)16(24)27)9-6-8(20)4-5-10(9)22-17(19)28/h4-6,11,13-14,23H,7H2,1-3H3,(H2,21,25)(H,22,28). The number of primary amides is 1. The van der Waals surface area contributed by atoms with Crippen LogP contribution in [0.4, 0.5) is 10.1 Å². The fourth-order valence-electron chi connectivity index (χ4n) is 4.83. The number of anilines is 1. The Labute approximate surface area is 160 Å². The van der Waals surface area contributed by atoms with Gasteiger partial charge in [-0.3, -0.25) is 29.4 Å². The summed E-state index contributed by atoms with van der Waals surface area (Å²) in [4.78, 5) is 52.3. The van der Waals surface area contributed by atoms with Gasteiger partial charge in [0, 0.05) is 29.3 Å². The Bertz CT molecular complexity index is 940. The van der Waals surface area contributed by atoms with Crippen molar-refractivity contribution < 1.29 is 23.6 Å². The van der Waals surface area contributed by atoms with Crippen LogP contribution in [0, 0.1) is 17.7 Å². The summed E-state index contributed by atoms with van der Waals surface area (Å²) in [7, 11) is 0. The number of hydrogen-bond donors (Lipinski definition) is 3. The molecule has 0 aliphatic carbocycles. The first-order valence-corrected chi connectivity index (χ1v) is 9.04. The number of halogens is 1. The van der Waals surface area contributed by atoms with Crippen molar-refractivity contribution in [2.45, 2.75) is 44.3 Å². The summed E-state index contributed by atoms with van der Waals surface area (Å²) in [5.74, 6) is -4.81. The van der Waals surface area contributed by atoms with Crippen molar-refractivity contribution in [2.75, 3.05) is 5.32 Å². The number of carbonyl (C=O) groups excluding carboxylic acids is 4. The molecule has 0 bridgehead atoms. The largest absolute Gasteiger partial charge is 0.370 e. The summed E-state index contributed by atoms with van der Waals surface area (Å²) < 4.78 is 14.0. The van der Waals surface area contributed by atoms with Gasteiger partial charge in [0.15, 0.2) is 0 Å². The van der Waals surface area contributed by atoms with Gasteiger partial charge in [-0.2, -0.15) is 0 Å². The van der Waals surface area contributed by atoms with E-state index in [-0.39, 0.29) is 12.0 Å². The van der Waals surface area contributed by atoms with E-state index in [4.69, 9.17) is 5.73 Å². The zero-order chi connectivity index (χ0) is 20.6. The third-order valence-corrected chi connectivity index (χ3v) is 5.77. The van der Waals surface area contributed by atoms with E-state index in [0.717, 1.165) is 4.90 Å². The van der Waals surface area contributed by atoms with Crippen molar-refractivity contribution in [2.24, 2.45) is 17.6 Å². The maximum absolute atomic E-state index is 14.0. The number of hydrogen-bond acceptors (Lipinski definition) is 5. The summed E-state index contributed by atoms with van der Waals surface area (Å²) in [6, 6.07) is 2.99. The van der Waals surface area contributed by atoms with Gasteiger partial charge in [0.25, 0.3) is 0 Å². The zero-order valence-electron chi connectivity index (χ0n) is 15.7. The van der Waals surface area contributed by atoms with Crippen LogP contribution in [-0.4, -0.2) is 40.1 Å². The quantitative estimate of drug-likeness (QED) is 0.626. The molecule has 4 N–H and O–H groups in total. The van der Waals surface area contributed by atoms with Crippen LogP contribution in [0.25, 0.3) is 0 Å². The molecule has 148 valence electrons. The van der Waals surface area contributed by atoms with E-state index >= 15 is 0 Å². The van der Waals surface area contributed by atoms with Crippen molar-refractivity contribution >= 4 is 29.3 Å². The molecule has 4 rings (SSSR count). The average molecular weight is 388 g/mol. The van der Waals surface area contributed by atoms with E-state index in [9.17, 15) is 23.6 Å². The minimum Gasteiger partial charge on any atom is -0.370 e. The number of carbonyl (C=O) groups is 4. The number of amides is 4. The Kier molecular flexibility index (Phi) is 3.71. The second-order valence-corrected chi connectivity index (χ2v) is 8.56. The lowest BCUT2D eigenvalue weighted by atomic mass is 9.76. The molecule has 1 spiro atoms. The number of nitrogens with zero attached hydrogens (tertiary/aromatic N) is 1. The second-order valence-electron chi connectivity index (χ2n) is 8.56. The molecule has 9 heteroatoms. The highest BCUT2D eigenvalue weighted by atomic mass is 19.1. The molecule has 2 saturated heterocycles. The molecule has 4 unspecified atom stereocenters.